The Morgan fingerprint density at radius 3 is 2.86 bits per heavy atom. The fourth-order valence-electron chi connectivity index (χ4n) is 2.33. The Bertz CT molecular complexity index is 512. The molecular formula is C17H20O4. The molecule has 0 aliphatic carbocycles. The minimum atomic E-state index is -0.366. The van der Waals surface area contributed by atoms with Gasteiger partial charge in [0.05, 0.1) is 5.92 Å². The molecule has 4 heteroatoms. The molecule has 0 N–H and O–H groups in total. The predicted octanol–water partition coefficient (Wildman–Crippen LogP) is 2.73. The van der Waals surface area contributed by atoms with E-state index in [1.165, 1.54) is 0 Å². The first-order valence-electron chi connectivity index (χ1n) is 7.15. The molecule has 1 heterocycles. The van der Waals surface area contributed by atoms with Crippen LogP contribution in [0.3, 0.4) is 0 Å². The zero-order valence-corrected chi connectivity index (χ0v) is 12.2. The van der Waals surface area contributed by atoms with E-state index >= 15 is 0 Å². The zero-order chi connectivity index (χ0) is 15.1. The number of terminal acetylenes is 1. The second-order valence-electron chi connectivity index (χ2n) is 5.00. The van der Waals surface area contributed by atoms with Gasteiger partial charge in [0, 0.05) is 18.8 Å². The molecule has 2 rings (SSSR count). The van der Waals surface area contributed by atoms with Crippen LogP contribution >= 0.6 is 0 Å². The topological polar surface area (TPSA) is 44.8 Å². The largest absolute Gasteiger partial charge is 0.481 e. The highest BCUT2D eigenvalue weighted by Gasteiger charge is 2.25. The number of para-hydroxylation sites is 1. The second-order valence-corrected chi connectivity index (χ2v) is 5.00. The third-order valence-corrected chi connectivity index (χ3v) is 3.52. The molecule has 0 radical (unpaired) electrons. The average molecular weight is 288 g/mol. The van der Waals surface area contributed by atoms with Crippen LogP contribution in [-0.4, -0.2) is 25.8 Å². The third-order valence-electron chi connectivity index (χ3n) is 3.52. The first-order valence-corrected chi connectivity index (χ1v) is 7.15. The van der Waals surface area contributed by atoms with E-state index in [-0.39, 0.29) is 24.6 Å². The standard InChI is InChI=1S/C17H20O4/c1-3-10-20-16-7-5-4-6-15(16)13(2)21-17(18)14-8-11-19-12-9-14/h1,4-7,13-14H,8-12H2,2H3. The number of esters is 1. The molecular weight excluding hydrogens is 268 g/mol. The molecule has 1 aromatic carbocycles. The van der Waals surface area contributed by atoms with Crippen molar-refractivity contribution < 1.29 is 19.0 Å². The minimum Gasteiger partial charge on any atom is -0.481 e. The molecule has 112 valence electrons. The van der Waals surface area contributed by atoms with Crippen molar-refractivity contribution in [3.8, 4) is 18.1 Å². The molecule has 0 aromatic heterocycles. The first kappa shape index (κ1) is 15.4. The van der Waals surface area contributed by atoms with Gasteiger partial charge in [-0.2, -0.15) is 0 Å². The fraction of sp³-hybridized carbons (Fsp3) is 0.471. The first-order chi connectivity index (χ1) is 10.2. The van der Waals surface area contributed by atoms with E-state index < -0.39 is 0 Å². The van der Waals surface area contributed by atoms with Gasteiger partial charge in [-0.15, -0.1) is 6.42 Å². The van der Waals surface area contributed by atoms with Crippen molar-refractivity contribution in [2.45, 2.75) is 25.9 Å². The van der Waals surface area contributed by atoms with E-state index in [0.717, 1.165) is 18.4 Å². The Kier molecular flexibility index (Phi) is 5.65. The summed E-state index contributed by atoms with van der Waals surface area (Å²) in [5.74, 6) is 2.85. The van der Waals surface area contributed by atoms with Gasteiger partial charge in [0.1, 0.15) is 18.5 Å². The maximum absolute atomic E-state index is 12.2. The van der Waals surface area contributed by atoms with Crippen LogP contribution in [0.4, 0.5) is 0 Å². The maximum Gasteiger partial charge on any atom is 0.309 e. The Hall–Kier alpha value is -1.99. The lowest BCUT2D eigenvalue weighted by Crippen LogP contribution is -2.26. The summed E-state index contributed by atoms with van der Waals surface area (Å²) in [7, 11) is 0. The van der Waals surface area contributed by atoms with Crippen LogP contribution in [0.1, 0.15) is 31.4 Å². The number of ether oxygens (including phenoxy) is 3. The summed E-state index contributed by atoms with van der Waals surface area (Å²) in [6.45, 7) is 3.28. The van der Waals surface area contributed by atoms with Gasteiger partial charge in [-0.3, -0.25) is 4.79 Å². The molecule has 0 spiro atoms. The van der Waals surface area contributed by atoms with E-state index in [1.807, 2.05) is 31.2 Å². The number of hydrogen-bond acceptors (Lipinski definition) is 4. The SMILES string of the molecule is C#CCOc1ccccc1C(C)OC(=O)C1CCOCC1. The van der Waals surface area contributed by atoms with Gasteiger partial charge >= 0.3 is 5.97 Å². The normalized spacial score (nSPS) is 16.8. The van der Waals surface area contributed by atoms with Crippen molar-refractivity contribution in [1.82, 2.24) is 0 Å². The third kappa shape index (κ3) is 4.24. The summed E-state index contributed by atoms with van der Waals surface area (Å²) in [4.78, 5) is 12.2. The van der Waals surface area contributed by atoms with E-state index in [9.17, 15) is 4.79 Å². The van der Waals surface area contributed by atoms with E-state index in [4.69, 9.17) is 20.6 Å². The average Bonchev–Trinajstić information content (AvgIpc) is 2.54. The lowest BCUT2D eigenvalue weighted by molar-refractivity contribution is -0.156. The van der Waals surface area contributed by atoms with E-state index in [0.29, 0.717) is 19.0 Å². The molecule has 1 atom stereocenters. The molecule has 21 heavy (non-hydrogen) atoms. The van der Waals surface area contributed by atoms with Crippen LogP contribution in [0.15, 0.2) is 24.3 Å². The molecule has 1 aromatic rings. The van der Waals surface area contributed by atoms with Gasteiger partial charge in [0.25, 0.3) is 0 Å². The molecule has 0 amide bonds. The lowest BCUT2D eigenvalue weighted by atomic mass is 10.0. The van der Waals surface area contributed by atoms with Crippen molar-refractivity contribution in [1.29, 1.82) is 0 Å². The fourth-order valence-corrected chi connectivity index (χ4v) is 2.33. The van der Waals surface area contributed by atoms with Gasteiger partial charge in [-0.25, -0.2) is 0 Å². The van der Waals surface area contributed by atoms with Gasteiger partial charge in [-0.1, -0.05) is 24.1 Å². The highest BCUT2D eigenvalue weighted by molar-refractivity contribution is 5.72. The maximum atomic E-state index is 12.2. The minimum absolute atomic E-state index is 0.0695. The molecule has 0 bridgehead atoms. The Balaban J connectivity index is 2.00. The summed E-state index contributed by atoms with van der Waals surface area (Å²) in [6.07, 6.45) is 6.29. The van der Waals surface area contributed by atoms with Gasteiger partial charge < -0.3 is 14.2 Å². The number of benzene rings is 1. The second kappa shape index (κ2) is 7.70. The summed E-state index contributed by atoms with van der Waals surface area (Å²) < 4.78 is 16.3. The van der Waals surface area contributed by atoms with Crippen LogP contribution in [0.5, 0.6) is 5.75 Å². The zero-order valence-electron chi connectivity index (χ0n) is 12.2. The highest BCUT2D eigenvalue weighted by Crippen LogP contribution is 2.29. The van der Waals surface area contributed by atoms with E-state index in [1.54, 1.807) is 0 Å². The number of carbonyl (C=O) groups excluding carboxylic acids is 1. The summed E-state index contributed by atoms with van der Waals surface area (Å²) in [5, 5.41) is 0. The van der Waals surface area contributed by atoms with Crippen LogP contribution in [0, 0.1) is 18.3 Å². The summed E-state index contributed by atoms with van der Waals surface area (Å²) >= 11 is 0. The van der Waals surface area contributed by atoms with Crippen LogP contribution in [-0.2, 0) is 14.3 Å². The number of carbonyl (C=O) groups is 1. The molecule has 1 aliphatic heterocycles. The number of rotatable bonds is 5. The van der Waals surface area contributed by atoms with Crippen LogP contribution in [0.25, 0.3) is 0 Å². The van der Waals surface area contributed by atoms with Crippen molar-refractivity contribution in [3.63, 3.8) is 0 Å². The molecule has 1 fully saturated rings. The molecule has 1 unspecified atom stereocenters. The highest BCUT2D eigenvalue weighted by atomic mass is 16.5. The lowest BCUT2D eigenvalue weighted by Gasteiger charge is -2.23. The van der Waals surface area contributed by atoms with Crippen molar-refractivity contribution in [2.24, 2.45) is 5.92 Å². The summed E-state index contributed by atoms with van der Waals surface area (Å²) in [5.41, 5.74) is 0.827. The number of hydrogen-bond donors (Lipinski definition) is 0. The van der Waals surface area contributed by atoms with Gasteiger partial charge in [0.15, 0.2) is 0 Å². The van der Waals surface area contributed by atoms with Gasteiger partial charge in [-0.05, 0) is 25.8 Å². The van der Waals surface area contributed by atoms with Crippen LogP contribution < -0.4 is 4.74 Å². The molecule has 1 saturated heterocycles. The van der Waals surface area contributed by atoms with Crippen LogP contribution in [0.2, 0.25) is 0 Å². The quantitative estimate of drug-likeness (QED) is 0.617. The Morgan fingerprint density at radius 2 is 2.14 bits per heavy atom. The molecule has 1 aliphatic rings. The van der Waals surface area contributed by atoms with Gasteiger partial charge in [0.2, 0.25) is 0 Å². The summed E-state index contributed by atoms with van der Waals surface area (Å²) in [6, 6.07) is 7.46. The smallest absolute Gasteiger partial charge is 0.309 e. The van der Waals surface area contributed by atoms with Crippen molar-refractivity contribution >= 4 is 5.97 Å². The predicted molar refractivity (Wildman–Crippen MR) is 78.8 cm³/mol. The Labute approximate surface area is 125 Å². The van der Waals surface area contributed by atoms with Crippen molar-refractivity contribution in [2.75, 3.05) is 19.8 Å². The molecule has 4 nitrogen and oxygen atoms in total. The monoisotopic (exact) mass is 288 g/mol. The van der Waals surface area contributed by atoms with E-state index in [2.05, 4.69) is 5.92 Å². The van der Waals surface area contributed by atoms with Crippen molar-refractivity contribution in [3.05, 3.63) is 29.8 Å². The Morgan fingerprint density at radius 1 is 1.43 bits per heavy atom. The molecule has 0 saturated carbocycles.